The van der Waals surface area contributed by atoms with Crippen LogP contribution >= 0.6 is 0 Å². The van der Waals surface area contributed by atoms with Gasteiger partial charge in [0, 0.05) is 19.1 Å². The largest absolute Gasteiger partial charge is 0.424 e. The quantitative estimate of drug-likeness (QED) is 0.841. The van der Waals surface area contributed by atoms with Crippen LogP contribution in [0, 0.1) is 0 Å². The third-order valence-corrected chi connectivity index (χ3v) is 3.12. The second-order valence-electron chi connectivity index (χ2n) is 5.15. The Kier molecular flexibility index (Phi) is 5.13. The maximum atomic E-state index is 5.68. The number of ether oxygens (including phenoxy) is 1. The molecule has 0 amide bonds. The van der Waals surface area contributed by atoms with Gasteiger partial charge in [-0.15, -0.1) is 10.2 Å². The summed E-state index contributed by atoms with van der Waals surface area (Å²) in [6.07, 6.45) is 5.82. The van der Waals surface area contributed by atoms with Crippen LogP contribution in [-0.2, 0) is 17.7 Å². The van der Waals surface area contributed by atoms with E-state index >= 15 is 0 Å². The fourth-order valence-corrected chi connectivity index (χ4v) is 2.07. The van der Waals surface area contributed by atoms with E-state index < -0.39 is 0 Å². The van der Waals surface area contributed by atoms with E-state index in [0.29, 0.717) is 24.6 Å². The molecule has 1 fully saturated rings. The molecule has 18 heavy (non-hydrogen) atoms. The first-order chi connectivity index (χ1) is 8.74. The molecule has 5 nitrogen and oxygen atoms in total. The number of hydrogen-bond donors (Lipinski definition) is 1. The average Bonchev–Trinajstić information content (AvgIpc) is 2.83. The lowest BCUT2D eigenvalue weighted by atomic mass is 10.0. The van der Waals surface area contributed by atoms with E-state index in [9.17, 15) is 0 Å². The van der Waals surface area contributed by atoms with Crippen molar-refractivity contribution in [2.45, 2.75) is 64.6 Å². The van der Waals surface area contributed by atoms with Crippen LogP contribution in [0.15, 0.2) is 4.42 Å². The van der Waals surface area contributed by atoms with Crippen molar-refractivity contribution in [3.8, 4) is 0 Å². The van der Waals surface area contributed by atoms with Crippen molar-refractivity contribution in [1.82, 2.24) is 15.5 Å². The zero-order valence-electron chi connectivity index (χ0n) is 11.3. The summed E-state index contributed by atoms with van der Waals surface area (Å²) in [6, 6.07) is 0.427. The number of nitrogens with zero attached hydrogens (tertiary/aromatic N) is 2. The molecule has 0 bridgehead atoms. The Hall–Kier alpha value is -0.940. The topological polar surface area (TPSA) is 60.2 Å². The Morgan fingerprint density at radius 2 is 2.11 bits per heavy atom. The van der Waals surface area contributed by atoms with E-state index in [2.05, 4.69) is 29.4 Å². The fourth-order valence-electron chi connectivity index (χ4n) is 2.07. The van der Waals surface area contributed by atoms with Crippen LogP contribution in [-0.4, -0.2) is 29.0 Å². The van der Waals surface area contributed by atoms with Gasteiger partial charge in [0.1, 0.15) is 0 Å². The molecule has 2 heterocycles. The minimum absolute atomic E-state index is 0.378. The minimum Gasteiger partial charge on any atom is -0.424 e. The highest BCUT2D eigenvalue weighted by Crippen LogP contribution is 2.17. The normalized spacial score (nSPS) is 20.5. The molecule has 1 aromatic rings. The maximum absolute atomic E-state index is 5.68. The molecular formula is C13H23N3O2. The van der Waals surface area contributed by atoms with Crippen LogP contribution in [0.2, 0.25) is 0 Å². The number of hydrogen-bond acceptors (Lipinski definition) is 5. The molecular weight excluding hydrogens is 230 g/mol. The zero-order valence-corrected chi connectivity index (χ0v) is 11.3. The van der Waals surface area contributed by atoms with Crippen LogP contribution in [0.5, 0.6) is 0 Å². The highest BCUT2D eigenvalue weighted by molar-refractivity contribution is 4.83. The van der Waals surface area contributed by atoms with Crippen molar-refractivity contribution in [1.29, 1.82) is 0 Å². The number of aryl methyl sites for hydroxylation is 1. The van der Waals surface area contributed by atoms with Crippen LogP contribution in [0.25, 0.3) is 0 Å². The lowest BCUT2D eigenvalue weighted by molar-refractivity contribution is 0.0105. The molecule has 1 aromatic heterocycles. The van der Waals surface area contributed by atoms with Gasteiger partial charge in [0.2, 0.25) is 11.8 Å². The zero-order chi connectivity index (χ0) is 12.8. The summed E-state index contributed by atoms with van der Waals surface area (Å²) in [5.74, 6) is 1.40. The summed E-state index contributed by atoms with van der Waals surface area (Å²) in [5.41, 5.74) is 0. The predicted molar refractivity (Wildman–Crippen MR) is 68.2 cm³/mol. The van der Waals surface area contributed by atoms with E-state index in [-0.39, 0.29) is 0 Å². The van der Waals surface area contributed by atoms with E-state index in [4.69, 9.17) is 9.15 Å². The number of aromatic nitrogens is 2. The van der Waals surface area contributed by atoms with Crippen molar-refractivity contribution < 1.29 is 9.15 Å². The highest BCUT2D eigenvalue weighted by atomic mass is 16.5. The first kappa shape index (κ1) is 13.5. The van der Waals surface area contributed by atoms with E-state index in [0.717, 1.165) is 31.8 Å². The molecule has 2 rings (SSSR count). The van der Waals surface area contributed by atoms with Gasteiger partial charge in [-0.05, 0) is 25.7 Å². The Balaban J connectivity index is 1.72. The maximum Gasteiger partial charge on any atom is 0.230 e. The van der Waals surface area contributed by atoms with Gasteiger partial charge in [0.05, 0.1) is 12.6 Å². The molecule has 1 aliphatic heterocycles. The first-order valence-electron chi connectivity index (χ1n) is 6.90. The van der Waals surface area contributed by atoms with Crippen molar-refractivity contribution >= 4 is 0 Å². The standard InChI is InChI=1S/C13H23N3O2/c1-10(2)14-9-13-16-15-12(18-13)7-6-11-5-3-4-8-17-11/h10-11,14H,3-9H2,1-2H3. The van der Waals surface area contributed by atoms with Crippen LogP contribution in [0.4, 0.5) is 0 Å². The molecule has 0 saturated carbocycles. The molecule has 1 aliphatic rings. The average molecular weight is 253 g/mol. The second kappa shape index (κ2) is 6.85. The molecule has 5 heteroatoms. The van der Waals surface area contributed by atoms with Crippen LogP contribution < -0.4 is 5.32 Å². The van der Waals surface area contributed by atoms with Gasteiger partial charge in [-0.25, -0.2) is 0 Å². The lowest BCUT2D eigenvalue weighted by Crippen LogP contribution is -2.21. The smallest absolute Gasteiger partial charge is 0.230 e. The van der Waals surface area contributed by atoms with E-state index in [1.54, 1.807) is 0 Å². The van der Waals surface area contributed by atoms with Crippen molar-refractivity contribution in [3.63, 3.8) is 0 Å². The minimum atomic E-state index is 0.378. The monoisotopic (exact) mass is 253 g/mol. The SMILES string of the molecule is CC(C)NCc1nnc(CCC2CCCCO2)o1. The summed E-state index contributed by atoms with van der Waals surface area (Å²) in [4.78, 5) is 0. The summed E-state index contributed by atoms with van der Waals surface area (Å²) in [7, 11) is 0. The van der Waals surface area contributed by atoms with Gasteiger partial charge in [-0.2, -0.15) is 0 Å². The molecule has 1 N–H and O–H groups in total. The predicted octanol–water partition coefficient (Wildman–Crippen LogP) is 2.07. The molecule has 0 aliphatic carbocycles. The van der Waals surface area contributed by atoms with Gasteiger partial charge < -0.3 is 14.5 Å². The molecule has 102 valence electrons. The molecule has 1 unspecified atom stereocenters. The first-order valence-corrected chi connectivity index (χ1v) is 6.90. The second-order valence-corrected chi connectivity index (χ2v) is 5.15. The van der Waals surface area contributed by atoms with Crippen molar-refractivity contribution in [2.24, 2.45) is 0 Å². The van der Waals surface area contributed by atoms with E-state index in [1.807, 2.05) is 0 Å². The van der Waals surface area contributed by atoms with Gasteiger partial charge in [0.25, 0.3) is 0 Å². The number of nitrogens with one attached hydrogen (secondary N) is 1. The summed E-state index contributed by atoms with van der Waals surface area (Å²) in [6.45, 7) is 5.73. The van der Waals surface area contributed by atoms with Gasteiger partial charge >= 0.3 is 0 Å². The molecule has 1 atom stereocenters. The summed E-state index contributed by atoms with van der Waals surface area (Å²) >= 11 is 0. The van der Waals surface area contributed by atoms with Crippen LogP contribution in [0.3, 0.4) is 0 Å². The molecule has 1 saturated heterocycles. The van der Waals surface area contributed by atoms with Crippen LogP contribution in [0.1, 0.15) is 51.3 Å². The Labute approximate surface area is 108 Å². The summed E-state index contributed by atoms with van der Waals surface area (Å²) < 4.78 is 11.3. The summed E-state index contributed by atoms with van der Waals surface area (Å²) in [5, 5.41) is 11.4. The van der Waals surface area contributed by atoms with Gasteiger partial charge in [-0.3, -0.25) is 0 Å². The third-order valence-electron chi connectivity index (χ3n) is 3.12. The van der Waals surface area contributed by atoms with Gasteiger partial charge in [-0.1, -0.05) is 13.8 Å². The Morgan fingerprint density at radius 3 is 2.83 bits per heavy atom. The Morgan fingerprint density at radius 1 is 1.28 bits per heavy atom. The van der Waals surface area contributed by atoms with Crippen molar-refractivity contribution in [2.75, 3.05) is 6.61 Å². The molecule has 0 spiro atoms. The fraction of sp³-hybridized carbons (Fsp3) is 0.846. The highest BCUT2D eigenvalue weighted by Gasteiger charge is 2.15. The third kappa shape index (κ3) is 4.38. The lowest BCUT2D eigenvalue weighted by Gasteiger charge is -2.21. The van der Waals surface area contributed by atoms with E-state index in [1.165, 1.54) is 12.8 Å². The number of rotatable bonds is 6. The molecule has 0 radical (unpaired) electrons. The Bertz CT molecular complexity index is 346. The molecule has 0 aromatic carbocycles. The van der Waals surface area contributed by atoms with Crippen molar-refractivity contribution in [3.05, 3.63) is 11.8 Å². The van der Waals surface area contributed by atoms with Gasteiger partial charge in [0.15, 0.2) is 0 Å².